The number of nitrogens with one attached hydrogen (secondary N) is 1. The SMILES string of the molecule is CC1CCCC1CNC1CCN(CC(F)(F)F)CC1. The van der Waals surface area contributed by atoms with Crippen LogP contribution in [0.15, 0.2) is 0 Å². The molecule has 2 aliphatic rings. The van der Waals surface area contributed by atoms with E-state index in [1.54, 1.807) is 0 Å². The lowest BCUT2D eigenvalue weighted by Gasteiger charge is -2.33. The van der Waals surface area contributed by atoms with Crippen molar-refractivity contribution in [3.8, 4) is 0 Å². The van der Waals surface area contributed by atoms with Crippen LogP contribution in [0.3, 0.4) is 0 Å². The molecule has 1 aliphatic heterocycles. The van der Waals surface area contributed by atoms with Crippen LogP contribution in [0, 0.1) is 11.8 Å². The summed E-state index contributed by atoms with van der Waals surface area (Å²) in [7, 11) is 0. The molecule has 1 saturated carbocycles. The highest BCUT2D eigenvalue weighted by Gasteiger charge is 2.32. The van der Waals surface area contributed by atoms with E-state index in [0.717, 1.165) is 31.2 Å². The Hall–Kier alpha value is -0.290. The topological polar surface area (TPSA) is 15.3 Å². The number of hydrogen-bond donors (Lipinski definition) is 1. The molecule has 0 aromatic carbocycles. The van der Waals surface area contributed by atoms with Gasteiger partial charge in [-0.2, -0.15) is 13.2 Å². The molecule has 19 heavy (non-hydrogen) atoms. The average Bonchev–Trinajstić information content (AvgIpc) is 2.72. The summed E-state index contributed by atoms with van der Waals surface area (Å²) in [4.78, 5) is 1.52. The molecule has 2 nitrogen and oxygen atoms in total. The molecule has 0 bridgehead atoms. The van der Waals surface area contributed by atoms with Crippen LogP contribution in [-0.4, -0.2) is 43.3 Å². The lowest BCUT2D eigenvalue weighted by atomic mass is 9.97. The molecule has 2 unspecified atom stereocenters. The highest BCUT2D eigenvalue weighted by molar-refractivity contribution is 4.82. The van der Waals surface area contributed by atoms with Crippen LogP contribution in [0.4, 0.5) is 13.2 Å². The zero-order valence-corrected chi connectivity index (χ0v) is 11.7. The average molecular weight is 278 g/mol. The normalized spacial score (nSPS) is 30.9. The fourth-order valence-corrected chi connectivity index (χ4v) is 3.39. The maximum absolute atomic E-state index is 12.3. The molecular formula is C14H25F3N2. The van der Waals surface area contributed by atoms with Crippen molar-refractivity contribution >= 4 is 0 Å². The van der Waals surface area contributed by atoms with Gasteiger partial charge in [-0.15, -0.1) is 0 Å². The molecular weight excluding hydrogens is 253 g/mol. The Balaban J connectivity index is 1.63. The molecule has 1 N–H and O–H groups in total. The molecule has 5 heteroatoms. The van der Waals surface area contributed by atoms with Crippen LogP contribution < -0.4 is 5.32 Å². The second-order valence-electron chi connectivity index (χ2n) is 6.24. The van der Waals surface area contributed by atoms with Crippen LogP contribution in [-0.2, 0) is 0 Å². The molecule has 2 atom stereocenters. The Labute approximate surface area is 113 Å². The zero-order valence-electron chi connectivity index (χ0n) is 11.7. The number of likely N-dealkylation sites (tertiary alicyclic amines) is 1. The zero-order chi connectivity index (χ0) is 13.9. The minimum Gasteiger partial charge on any atom is -0.314 e. The summed E-state index contributed by atoms with van der Waals surface area (Å²) in [5, 5.41) is 3.57. The van der Waals surface area contributed by atoms with Gasteiger partial charge in [0.1, 0.15) is 0 Å². The highest BCUT2D eigenvalue weighted by Crippen LogP contribution is 2.30. The predicted molar refractivity (Wildman–Crippen MR) is 70.0 cm³/mol. The Morgan fingerprint density at radius 3 is 2.32 bits per heavy atom. The van der Waals surface area contributed by atoms with E-state index in [1.165, 1.54) is 24.2 Å². The maximum atomic E-state index is 12.3. The minimum atomic E-state index is -4.06. The van der Waals surface area contributed by atoms with E-state index in [0.29, 0.717) is 19.1 Å². The van der Waals surface area contributed by atoms with E-state index in [1.807, 2.05) is 0 Å². The van der Waals surface area contributed by atoms with Crippen molar-refractivity contribution in [2.45, 2.75) is 51.2 Å². The van der Waals surface area contributed by atoms with Gasteiger partial charge < -0.3 is 5.32 Å². The van der Waals surface area contributed by atoms with Crippen molar-refractivity contribution in [2.75, 3.05) is 26.2 Å². The third-order valence-electron chi connectivity index (χ3n) is 4.70. The van der Waals surface area contributed by atoms with Crippen molar-refractivity contribution in [1.29, 1.82) is 0 Å². The first-order valence-electron chi connectivity index (χ1n) is 7.46. The lowest BCUT2D eigenvalue weighted by molar-refractivity contribution is -0.148. The van der Waals surface area contributed by atoms with Gasteiger partial charge in [0, 0.05) is 6.04 Å². The van der Waals surface area contributed by atoms with Crippen LogP contribution in [0.1, 0.15) is 39.0 Å². The second kappa shape index (κ2) is 6.44. The lowest BCUT2D eigenvalue weighted by Crippen LogP contribution is -2.46. The molecule has 0 aromatic rings. The summed E-state index contributed by atoms with van der Waals surface area (Å²) in [6.45, 7) is 3.74. The van der Waals surface area contributed by atoms with Gasteiger partial charge in [-0.05, 0) is 50.7 Å². The Bertz CT molecular complexity index is 272. The van der Waals surface area contributed by atoms with Crippen LogP contribution in [0.2, 0.25) is 0 Å². The summed E-state index contributed by atoms with van der Waals surface area (Å²) in [5.41, 5.74) is 0. The first-order chi connectivity index (χ1) is 8.94. The first kappa shape index (κ1) is 15.1. The Kier molecular flexibility index (Phi) is 5.12. The van der Waals surface area contributed by atoms with Crippen molar-refractivity contribution < 1.29 is 13.2 Å². The standard InChI is InChI=1S/C14H25F3N2/c1-11-3-2-4-12(11)9-18-13-5-7-19(8-6-13)10-14(15,16)17/h11-13,18H,2-10H2,1H3. The van der Waals surface area contributed by atoms with Crippen molar-refractivity contribution in [3.63, 3.8) is 0 Å². The minimum absolute atomic E-state index is 0.414. The van der Waals surface area contributed by atoms with E-state index >= 15 is 0 Å². The van der Waals surface area contributed by atoms with E-state index in [9.17, 15) is 13.2 Å². The van der Waals surface area contributed by atoms with Gasteiger partial charge in [-0.25, -0.2) is 0 Å². The van der Waals surface area contributed by atoms with Crippen LogP contribution in [0.5, 0.6) is 0 Å². The van der Waals surface area contributed by atoms with Crippen LogP contribution in [0.25, 0.3) is 0 Å². The van der Waals surface area contributed by atoms with Gasteiger partial charge in [0.2, 0.25) is 0 Å². The Morgan fingerprint density at radius 1 is 1.11 bits per heavy atom. The number of alkyl halides is 3. The van der Waals surface area contributed by atoms with E-state index in [2.05, 4.69) is 12.2 Å². The molecule has 112 valence electrons. The fraction of sp³-hybridized carbons (Fsp3) is 1.00. The molecule has 2 fully saturated rings. The summed E-state index contributed by atoms with van der Waals surface area (Å²) in [5.74, 6) is 1.58. The largest absolute Gasteiger partial charge is 0.401 e. The number of piperidine rings is 1. The van der Waals surface area contributed by atoms with E-state index in [-0.39, 0.29) is 0 Å². The quantitative estimate of drug-likeness (QED) is 0.850. The molecule has 1 saturated heterocycles. The third kappa shape index (κ3) is 4.95. The molecule has 0 aromatic heterocycles. The first-order valence-corrected chi connectivity index (χ1v) is 7.46. The number of halogens is 3. The number of nitrogens with zero attached hydrogens (tertiary/aromatic N) is 1. The van der Waals surface area contributed by atoms with Crippen LogP contribution >= 0.6 is 0 Å². The second-order valence-corrected chi connectivity index (χ2v) is 6.24. The molecule has 0 amide bonds. The van der Waals surface area contributed by atoms with Crippen molar-refractivity contribution in [1.82, 2.24) is 10.2 Å². The summed E-state index contributed by atoms with van der Waals surface area (Å²) in [6.07, 6.45) is 1.60. The molecule has 1 aliphatic carbocycles. The third-order valence-corrected chi connectivity index (χ3v) is 4.70. The van der Waals surface area contributed by atoms with Gasteiger partial charge >= 0.3 is 6.18 Å². The maximum Gasteiger partial charge on any atom is 0.401 e. The van der Waals surface area contributed by atoms with Crippen molar-refractivity contribution in [3.05, 3.63) is 0 Å². The monoisotopic (exact) mass is 278 g/mol. The Morgan fingerprint density at radius 2 is 1.79 bits per heavy atom. The van der Waals surface area contributed by atoms with Gasteiger partial charge in [-0.3, -0.25) is 4.90 Å². The molecule has 2 rings (SSSR count). The van der Waals surface area contributed by atoms with E-state index in [4.69, 9.17) is 0 Å². The molecule has 0 radical (unpaired) electrons. The molecule has 0 spiro atoms. The predicted octanol–water partition coefficient (Wildman–Crippen LogP) is 3.04. The fourth-order valence-electron chi connectivity index (χ4n) is 3.39. The van der Waals surface area contributed by atoms with Gasteiger partial charge in [0.15, 0.2) is 0 Å². The summed E-state index contributed by atoms with van der Waals surface area (Å²) in [6, 6.07) is 0.414. The van der Waals surface area contributed by atoms with E-state index < -0.39 is 12.7 Å². The highest BCUT2D eigenvalue weighted by atomic mass is 19.4. The smallest absolute Gasteiger partial charge is 0.314 e. The number of hydrogen-bond acceptors (Lipinski definition) is 2. The number of rotatable bonds is 4. The van der Waals surface area contributed by atoms with Gasteiger partial charge in [0.25, 0.3) is 0 Å². The summed E-state index contributed by atoms with van der Waals surface area (Å²) >= 11 is 0. The summed E-state index contributed by atoms with van der Waals surface area (Å²) < 4.78 is 36.8. The van der Waals surface area contributed by atoms with Crippen molar-refractivity contribution in [2.24, 2.45) is 11.8 Å². The van der Waals surface area contributed by atoms with Gasteiger partial charge in [-0.1, -0.05) is 19.8 Å². The molecule has 1 heterocycles. The van der Waals surface area contributed by atoms with Gasteiger partial charge in [0.05, 0.1) is 6.54 Å².